The second-order valence-electron chi connectivity index (χ2n) is 5.92. The fraction of sp³-hybridized carbons (Fsp3) is 0.867. The summed E-state index contributed by atoms with van der Waals surface area (Å²) in [6, 6.07) is 0. The van der Waals surface area contributed by atoms with Gasteiger partial charge >= 0.3 is 0 Å². The Kier molecular flexibility index (Phi) is 5.68. The minimum Gasteiger partial charge on any atom is -0.391 e. The van der Waals surface area contributed by atoms with Crippen LogP contribution in [0.4, 0.5) is 0 Å². The van der Waals surface area contributed by atoms with Gasteiger partial charge in [0.15, 0.2) is 0 Å². The zero-order chi connectivity index (χ0) is 12.9. The van der Waals surface area contributed by atoms with E-state index in [1.807, 2.05) is 6.08 Å². The van der Waals surface area contributed by atoms with Gasteiger partial charge < -0.3 is 10.0 Å². The van der Waals surface area contributed by atoms with Crippen LogP contribution in [0.25, 0.3) is 0 Å². The van der Waals surface area contributed by atoms with Crippen molar-refractivity contribution in [2.24, 2.45) is 5.92 Å². The standard InChI is InChI=1S/C15H29NO/c1-5-6-7-8-14(17)15(16(3)4)11-9-13(2)10-12-15/h5,13-14,17H,1,6-12H2,2-4H3. The van der Waals surface area contributed by atoms with Gasteiger partial charge in [-0.1, -0.05) is 13.0 Å². The molecule has 17 heavy (non-hydrogen) atoms. The Hall–Kier alpha value is -0.340. The molecule has 0 aliphatic heterocycles. The summed E-state index contributed by atoms with van der Waals surface area (Å²) in [5.41, 5.74) is 0.0215. The molecule has 2 heteroatoms. The molecule has 0 bridgehead atoms. The maximum absolute atomic E-state index is 10.5. The topological polar surface area (TPSA) is 23.5 Å². The predicted molar refractivity (Wildman–Crippen MR) is 74.1 cm³/mol. The van der Waals surface area contributed by atoms with Crippen LogP contribution >= 0.6 is 0 Å². The molecule has 1 aliphatic rings. The average molecular weight is 239 g/mol. The molecule has 1 atom stereocenters. The van der Waals surface area contributed by atoms with Crippen molar-refractivity contribution in [2.45, 2.75) is 63.5 Å². The predicted octanol–water partition coefficient (Wildman–Crippen LogP) is 3.21. The van der Waals surface area contributed by atoms with E-state index in [4.69, 9.17) is 0 Å². The van der Waals surface area contributed by atoms with Gasteiger partial charge in [0, 0.05) is 5.54 Å². The summed E-state index contributed by atoms with van der Waals surface area (Å²) in [5, 5.41) is 10.5. The first-order chi connectivity index (χ1) is 8.03. The number of aliphatic hydroxyl groups excluding tert-OH is 1. The lowest BCUT2D eigenvalue weighted by molar-refractivity contribution is -0.0431. The molecule has 0 amide bonds. The molecule has 0 aromatic heterocycles. The van der Waals surface area contributed by atoms with Crippen LogP contribution in [-0.4, -0.2) is 35.7 Å². The first-order valence-corrected chi connectivity index (χ1v) is 6.99. The lowest BCUT2D eigenvalue weighted by Gasteiger charge is -2.47. The molecule has 0 radical (unpaired) electrons. The summed E-state index contributed by atoms with van der Waals surface area (Å²) in [6.45, 7) is 6.06. The third-order valence-electron chi connectivity index (χ3n) is 4.54. The van der Waals surface area contributed by atoms with Crippen molar-refractivity contribution < 1.29 is 5.11 Å². The summed E-state index contributed by atoms with van der Waals surface area (Å²) in [4.78, 5) is 2.26. The van der Waals surface area contributed by atoms with Crippen molar-refractivity contribution in [2.75, 3.05) is 14.1 Å². The van der Waals surface area contributed by atoms with Crippen LogP contribution in [0, 0.1) is 5.92 Å². The summed E-state index contributed by atoms with van der Waals surface area (Å²) < 4.78 is 0. The monoisotopic (exact) mass is 239 g/mol. The zero-order valence-electron chi connectivity index (χ0n) is 11.8. The van der Waals surface area contributed by atoms with Crippen LogP contribution in [0.3, 0.4) is 0 Å². The van der Waals surface area contributed by atoms with E-state index in [0.29, 0.717) is 0 Å². The van der Waals surface area contributed by atoms with E-state index in [9.17, 15) is 5.11 Å². The van der Waals surface area contributed by atoms with Gasteiger partial charge in [0.2, 0.25) is 0 Å². The molecule has 1 unspecified atom stereocenters. The van der Waals surface area contributed by atoms with Gasteiger partial charge in [-0.2, -0.15) is 0 Å². The minimum atomic E-state index is -0.190. The van der Waals surface area contributed by atoms with Crippen LogP contribution < -0.4 is 0 Å². The number of nitrogens with zero attached hydrogens (tertiary/aromatic N) is 1. The fourth-order valence-electron chi connectivity index (χ4n) is 3.06. The molecule has 0 spiro atoms. The molecule has 2 nitrogen and oxygen atoms in total. The van der Waals surface area contributed by atoms with Crippen molar-refractivity contribution in [3.8, 4) is 0 Å². The Bertz CT molecular complexity index is 229. The molecule has 1 rings (SSSR count). The molecule has 1 saturated carbocycles. The van der Waals surface area contributed by atoms with Crippen molar-refractivity contribution in [1.82, 2.24) is 4.90 Å². The molecular weight excluding hydrogens is 210 g/mol. The van der Waals surface area contributed by atoms with Gasteiger partial charge in [0.25, 0.3) is 0 Å². The maximum Gasteiger partial charge on any atom is 0.0723 e. The number of unbranched alkanes of at least 4 members (excludes halogenated alkanes) is 1. The highest BCUT2D eigenvalue weighted by Crippen LogP contribution is 2.39. The molecule has 1 N–H and O–H groups in total. The van der Waals surface area contributed by atoms with Crippen LogP contribution in [0.1, 0.15) is 51.9 Å². The first kappa shape index (κ1) is 14.7. The summed E-state index contributed by atoms with van der Waals surface area (Å²) >= 11 is 0. The average Bonchev–Trinajstić information content (AvgIpc) is 2.30. The molecule has 1 fully saturated rings. The Labute approximate surface area is 107 Å². The Morgan fingerprint density at radius 3 is 2.47 bits per heavy atom. The van der Waals surface area contributed by atoms with E-state index in [1.165, 1.54) is 12.8 Å². The lowest BCUT2D eigenvalue weighted by atomic mass is 9.72. The highest BCUT2D eigenvalue weighted by Gasteiger charge is 2.41. The van der Waals surface area contributed by atoms with Crippen LogP contribution in [0.5, 0.6) is 0 Å². The van der Waals surface area contributed by atoms with Crippen LogP contribution in [0.2, 0.25) is 0 Å². The van der Waals surface area contributed by atoms with E-state index in [0.717, 1.165) is 38.0 Å². The van der Waals surface area contributed by atoms with E-state index in [1.54, 1.807) is 0 Å². The highest BCUT2D eigenvalue weighted by atomic mass is 16.3. The fourth-order valence-corrected chi connectivity index (χ4v) is 3.06. The van der Waals surface area contributed by atoms with Gasteiger partial charge in [0.05, 0.1) is 6.10 Å². The quantitative estimate of drug-likeness (QED) is 0.568. The van der Waals surface area contributed by atoms with Crippen molar-refractivity contribution >= 4 is 0 Å². The Morgan fingerprint density at radius 1 is 1.41 bits per heavy atom. The van der Waals surface area contributed by atoms with Crippen molar-refractivity contribution in [3.05, 3.63) is 12.7 Å². The van der Waals surface area contributed by atoms with Crippen LogP contribution in [-0.2, 0) is 0 Å². The SMILES string of the molecule is C=CCCCC(O)C1(N(C)C)CCC(C)CC1. The van der Waals surface area contributed by atoms with E-state index >= 15 is 0 Å². The highest BCUT2D eigenvalue weighted by molar-refractivity contribution is 4.97. The molecule has 100 valence electrons. The van der Waals surface area contributed by atoms with Crippen molar-refractivity contribution in [3.63, 3.8) is 0 Å². The van der Waals surface area contributed by atoms with Gasteiger partial charge in [-0.05, 0) is 65.0 Å². The third-order valence-corrected chi connectivity index (χ3v) is 4.54. The van der Waals surface area contributed by atoms with Crippen molar-refractivity contribution in [1.29, 1.82) is 0 Å². The molecule has 0 heterocycles. The third kappa shape index (κ3) is 3.56. The number of aliphatic hydroxyl groups is 1. The summed E-state index contributed by atoms with van der Waals surface area (Å²) in [5.74, 6) is 0.823. The number of rotatable bonds is 6. The molecule has 0 aromatic carbocycles. The lowest BCUT2D eigenvalue weighted by Crippen LogP contribution is -2.55. The maximum atomic E-state index is 10.5. The smallest absolute Gasteiger partial charge is 0.0723 e. The van der Waals surface area contributed by atoms with Gasteiger partial charge in [-0.15, -0.1) is 6.58 Å². The van der Waals surface area contributed by atoms with Gasteiger partial charge in [0.1, 0.15) is 0 Å². The molecule has 1 aliphatic carbocycles. The Morgan fingerprint density at radius 2 is 2.00 bits per heavy atom. The van der Waals surface area contributed by atoms with E-state index in [-0.39, 0.29) is 11.6 Å². The largest absolute Gasteiger partial charge is 0.391 e. The number of allylic oxidation sites excluding steroid dienone is 1. The first-order valence-electron chi connectivity index (χ1n) is 6.99. The van der Waals surface area contributed by atoms with E-state index < -0.39 is 0 Å². The second-order valence-corrected chi connectivity index (χ2v) is 5.92. The Balaban J connectivity index is 2.60. The normalized spacial score (nSPS) is 31.5. The summed E-state index contributed by atoms with van der Waals surface area (Å²) in [6.07, 6.45) is 9.48. The van der Waals surface area contributed by atoms with Gasteiger partial charge in [-0.3, -0.25) is 0 Å². The minimum absolute atomic E-state index is 0.0215. The molecule has 0 aromatic rings. The number of hydrogen-bond acceptors (Lipinski definition) is 2. The van der Waals surface area contributed by atoms with Gasteiger partial charge in [-0.25, -0.2) is 0 Å². The summed E-state index contributed by atoms with van der Waals surface area (Å²) in [7, 11) is 4.24. The molecular formula is C15H29NO. The number of hydrogen-bond donors (Lipinski definition) is 1. The van der Waals surface area contributed by atoms with E-state index in [2.05, 4.69) is 32.5 Å². The van der Waals surface area contributed by atoms with Crippen LogP contribution in [0.15, 0.2) is 12.7 Å². The molecule has 0 saturated heterocycles. The number of likely N-dealkylation sites (N-methyl/N-ethyl adjacent to an activating group) is 1. The zero-order valence-corrected chi connectivity index (χ0v) is 11.8. The second kappa shape index (κ2) is 6.55.